The average molecular weight is 432 g/mol. The Morgan fingerprint density at radius 3 is 2.71 bits per heavy atom. The molecule has 158 valence electrons. The summed E-state index contributed by atoms with van der Waals surface area (Å²) in [7, 11) is 0. The van der Waals surface area contributed by atoms with Crippen molar-refractivity contribution >= 4 is 28.7 Å². The van der Waals surface area contributed by atoms with E-state index in [1.165, 1.54) is 30.4 Å². The van der Waals surface area contributed by atoms with Gasteiger partial charge in [0.25, 0.3) is 0 Å². The minimum Gasteiger partial charge on any atom is -0.382 e. The fourth-order valence-electron chi connectivity index (χ4n) is 4.63. The molecule has 0 bridgehead atoms. The monoisotopic (exact) mass is 431 g/mol. The molecule has 1 unspecified atom stereocenters. The number of rotatable bonds is 4. The highest BCUT2D eigenvalue weighted by Crippen LogP contribution is 2.37. The number of anilines is 3. The molecular formula is C23H25N7S. The third-order valence-corrected chi connectivity index (χ3v) is 7.19. The van der Waals surface area contributed by atoms with Gasteiger partial charge >= 0.3 is 0 Å². The first-order valence-electron chi connectivity index (χ1n) is 10.8. The predicted molar refractivity (Wildman–Crippen MR) is 124 cm³/mol. The Morgan fingerprint density at radius 2 is 1.87 bits per heavy atom. The van der Waals surface area contributed by atoms with Crippen LogP contribution < -0.4 is 15.5 Å². The van der Waals surface area contributed by atoms with Gasteiger partial charge in [-0.05, 0) is 31.7 Å². The molecule has 4 heterocycles. The molecule has 8 heteroatoms. The minimum absolute atomic E-state index is 0.240. The van der Waals surface area contributed by atoms with Gasteiger partial charge < -0.3 is 15.5 Å². The maximum absolute atomic E-state index is 9.51. The second-order valence-electron chi connectivity index (χ2n) is 8.14. The SMILES string of the molecule is N#Cc1c(N)ncnc1N1CCCC(c2nc(-c3ccccc3N3CCCC3)cs2)C1. The van der Waals surface area contributed by atoms with E-state index in [4.69, 9.17) is 10.7 Å². The predicted octanol–water partition coefficient (Wildman–Crippen LogP) is 4.04. The molecule has 2 aromatic heterocycles. The molecule has 2 saturated heterocycles. The number of hydrogen-bond acceptors (Lipinski definition) is 8. The lowest BCUT2D eigenvalue weighted by Gasteiger charge is -2.33. The van der Waals surface area contributed by atoms with Crippen LogP contribution >= 0.6 is 11.3 Å². The first kappa shape index (κ1) is 19.8. The maximum Gasteiger partial charge on any atom is 0.152 e. The van der Waals surface area contributed by atoms with Crippen LogP contribution in [0.15, 0.2) is 36.0 Å². The molecule has 0 aliphatic carbocycles. The fraction of sp³-hybridized carbons (Fsp3) is 0.391. The summed E-state index contributed by atoms with van der Waals surface area (Å²) in [6.45, 7) is 3.88. The van der Waals surface area contributed by atoms with Gasteiger partial charge in [-0.3, -0.25) is 0 Å². The van der Waals surface area contributed by atoms with E-state index in [0.29, 0.717) is 17.3 Å². The number of aromatic nitrogens is 3. The van der Waals surface area contributed by atoms with Crippen molar-refractivity contribution in [3.05, 3.63) is 46.5 Å². The zero-order valence-electron chi connectivity index (χ0n) is 17.4. The van der Waals surface area contributed by atoms with Crippen molar-refractivity contribution in [2.75, 3.05) is 41.7 Å². The van der Waals surface area contributed by atoms with Crippen molar-refractivity contribution in [3.8, 4) is 17.3 Å². The van der Waals surface area contributed by atoms with Gasteiger partial charge in [0.05, 0.1) is 10.7 Å². The summed E-state index contributed by atoms with van der Waals surface area (Å²) < 4.78 is 0. The van der Waals surface area contributed by atoms with Gasteiger partial charge in [-0.1, -0.05) is 18.2 Å². The van der Waals surface area contributed by atoms with Gasteiger partial charge in [-0.25, -0.2) is 15.0 Å². The van der Waals surface area contributed by atoms with E-state index in [9.17, 15) is 5.26 Å². The largest absolute Gasteiger partial charge is 0.382 e. The van der Waals surface area contributed by atoms with E-state index in [1.54, 1.807) is 11.3 Å². The van der Waals surface area contributed by atoms with Crippen LogP contribution in [0.4, 0.5) is 17.3 Å². The van der Waals surface area contributed by atoms with E-state index in [0.717, 1.165) is 49.7 Å². The van der Waals surface area contributed by atoms with Crippen LogP contribution in [0.3, 0.4) is 0 Å². The number of para-hydroxylation sites is 1. The van der Waals surface area contributed by atoms with Crippen LogP contribution in [0.25, 0.3) is 11.3 Å². The van der Waals surface area contributed by atoms with Gasteiger partial charge in [0.2, 0.25) is 0 Å². The summed E-state index contributed by atoms with van der Waals surface area (Å²) in [5.41, 5.74) is 9.83. The lowest BCUT2D eigenvalue weighted by Crippen LogP contribution is -2.35. The van der Waals surface area contributed by atoms with Gasteiger partial charge in [0, 0.05) is 48.7 Å². The van der Waals surface area contributed by atoms with Crippen molar-refractivity contribution in [2.45, 2.75) is 31.6 Å². The molecule has 2 aliphatic heterocycles. The van der Waals surface area contributed by atoms with Crippen molar-refractivity contribution in [2.24, 2.45) is 0 Å². The zero-order chi connectivity index (χ0) is 21.2. The molecule has 1 atom stereocenters. The maximum atomic E-state index is 9.51. The molecular weight excluding hydrogens is 406 g/mol. The van der Waals surface area contributed by atoms with Crippen LogP contribution in [0.2, 0.25) is 0 Å². The summed E-state index contributed by atoms with van der Waals surface area (Å²) in [6, 6.07) is 10.8. The van der Waals surface area contributed by atoms with E-state index in [-0.39, 0.29) is 5.82 Å². The normalized spacial score (nSPS) is 18.9. The Morgan fingerprint density at radius 1 is 1.06 bits per heavy atom. The standard InChI is InChI=1S/C23H25N7S/c24-12-18-21(25)26-15-27-22(18)30-11-5-6-16(13-30)23-28-19(14-31-23)17-7-1-2-8-20(17)29-9-3-4-10-29/h1-2,7-8,14-16H,3-6,9-11,13H2,(H2,25,26,27). The lowest BCUT2D eigenvalue weighted by atomic mass is 9.98. The summed E-state index contributed by atoms with van der Waals surface area (Å²) in [6.07, 6.45) is 6.06. The van der Waals surface area contributed by atoms with Crippen molar-refractivity contribution in [1.82, 2.24) is 15.0 Å². The summed E-state index contributed by atoms with van der Waals surface area (Å²) in [5, 5.41) is 12.8. The molecule has 5 rings (SSSR count). The number of nitrogens with zero attached hydrogens (tertiary/aromatic N) is 6. The number of hydrogen-bond donors (Lipinski definition) is 1. The van der Waals surface area contributed by atoms with Crippen LogP contribution in [0.5, 0.6) is 0 Å². The van der Waals surface area contributed by atoms with Crippen LogP contribution in [-0.2, 0) is 0 Å². The van der Waals surface area contributed by atoms with E-state index in [2.05, 4.69) is 55.5 Å². The molecule has 0 radical (unpaired) electrons. The molecule has 2 N–H and O–H groups in total. The van der Waals surface area contributed by atoms with Crippen LogP contribution in [-0.4, -0.2) is 41.1 Å². The Labute approximate surface area is 186 Å². The molecule has 1 aromatic carbocycles. The van der Waals surface area contributed by atoms with Crippen molar-refractivity contribution < 1.29 is 0 Å². The van der Waals surface area contributed by atoms with Gasteiger partial charge in [0.15, 0.2) is 5.82 Å². The third kappa shape index (κ3) is 3.81. The fourth-order valence-corrected chi connectivity index (χ4v) is 5.58. The number of piperidine rings is 1. The molecule has 2 aliphatic rings. The lowest BCUT2D eigenvalue weighted by molar-refractivity contribution is 0.505. The first-order valence-corrected chi connectivity index (χ1v) is 11.7. The third-order valence-electron chi connectivity index (χ3n) is 6.19. The van der Waals surface area contributed by atoms with E-state index in [1.807, 2.05) is 0 Å². The summed E-state index contributed by atoms with van der Waals surface area (Å²) >= 11 is 1.73. The number of benzene rings is 1. The molecule has 0 saturated carbocycles. The summed E-state index contributed by atoms with van der Waals surface area (Å²) in [5.74, 6) is 1.19. The van der Waals surface area contributed by atoms with Crippen molar-refractivity contribution in [3.63, 3.8) is 0 Å². The molecule has 7 nitrogen and oxygen atoms in total. The van der Waals surface area contributed by atoms with E-state index < -0.39 is 0 Å². The zero-order valence-corrected chi connectivity index (χ0v) is 18.2. The van der Waals surface area contributed by atoms with Crippen molar-refractivity contribution in [1.29, 1.82) is 5.26 Å². The number of nitrogens with two attached hydrogens (primary N) is 1. The smallest absolute Gasteiger partial charge is 0.152 e. The molecule has 3 aromatic rings. The highest BCUT2D eigenvalue weighted by molar-refractivity contribution is 7.10. The van der Waals surface area contributed by atoms with Gasteiger partial charge in [0.1, 0.15) is 23.8 Å². The Kier molecular flexibility index (Phi) is 5.43. The van der Waals surface area contributed by atoms with Gasteiger partial charge in [-0.2, -0.15) is 5.26 Å². The minimum atomic E-state index is 0.240. The highest BCUT2D eigenvalue weighted by atomic mass is 32.1. The second kappa shape index (κ2) is 8.52. The topological polar surface area (TPSA) is 95.0 Å². The second-order valence-corrected chi connectivity index (χ2v) is 9.03. The quantitative estimate of drug-likeness (QED) is 0.666. The van der Waals surface area contributed by atoms with Crippen LogP contribution in [0.1, 0.15) is 42.2 Å². The Hall–Kier alpha value is -3.18. The Balaban J connectivity index is 1.40. The molecule has 2 fully saturated rings. The molecule has 31 heavy (non-hydrogen) atoms. The number of nitrogen functional groups attached to an aromatic ring is 1. The van der Waals surface area contributed by atoms with Gasteiger partial charge in [-0.15, -0.1) is 11.3 Å². The number of thiazole rings is 1. The first-order chi connectivity index (χ1) is 15.2. The van der Waals surface area contributed by atoms with E-state index >= 15 is 0 Å². The highest BCUT2D eigenvalue weighted by Gasteiger charge is 2.27. The number of nitriles is 1. The average Bonchev–Trinajstić information content (AvgIpc) is 3.52. The van der Waals surface area contributed by atoms with Crippen LogP contribution in [0, 0.1) is 11.3 Å². The Bertz CT molecular complexity index is 1110. The molecule has 0 spiro atoms. The molecule has 0 amide bonds. The summed E-state index contributed by atoms with van der Waals surface area (Å²) in [4.78, 5) is 18.0.